The molecule has 0 aliphatic carbocycles. The summed E-state index contributed by atoms with van der Waals surface area (Å²) in [5.74, 6) is -0.114. The van der Waals surface area contributed by atoms with E-state index < -0.39 is 5.54 Å². The first-order chi connectivity index (χ1) is 7.98. The normalized spacial score (nSPS) is 11.0. The van der Waals surface area contributed by atoms with Gasteiger partial charge in [-0.25, -0.2) is 4.39 Å². The Kier molecular flexibility index (Phi) is 4.47. The molecule has 4 heteroatoms. The van der Waals surface area contributed by atoms with Gasteiger partial charge in [0, 0.05) is 6.54 Å². The van der Waals surface area contributed by atoms with Crippen LogP contribution in [-0.2, 0) is 6.54 Å². The van der Waals surface area contributed by atoms with Crippen LogP contribution in [0.25, 0.3) is 0 Å². The van der Waals surface area contributed by atoms with Crippen LogP contribution in [0.2, 0.25) is 0 Å². The molecule has 0 radical (unpaired) electrons. The summed E-state index contributed by atoms with van der Waals surface area (Å²) in [6.07, 6.45) is 0. The second kappa shape index (κ2) is 5.65. The van der Waals surface area contributed by atoms with E-state index >= 15 is 0 Å². The third kappa shape index (κ3) is 4.04. The van der Waals surface area contributed by atoms with Gasteiger partial charge < -0.3 is 4.74 Å². The molecule has 17 heavy (non-hydrogen) atoms. The van der Waals surface area contributed by atoms with Gasteiger partial charge in [0.1, 0.15) is 5.54 Å². The van der Waals surface area contributed by atoms with Crippen LogP contribution in [0.4, 0.5) is 4.39 Å². The van der Waals surface area contributed by atoms with Gasteiger partial charge in [-0.1, -0.05) is 6.07 Å². The van der Waals surface area contributed by atoms with Crippen molar-refractivity contribution >= 4 is 0 Å². The third-order valence-corrected chi connectivity index (χ3v) is 2.31. The van der Waals surface area contributed by atoms with E-state index in [0.717, 1.165) is 5.56 Å². The molecule has 0 spiro atoms. The van der Waals surface area contributed by atoms with Crippen LogP contribution in [-0.4, -0.2) is 12.1 Å². The third-order valence-electron chi connectivity index (χ3n) is 2.31. The molecule has 0 aliphatic rings. The van der Waals surface area contributed by atoms with E-state index in [1.807, 2.05) is 6.92 Å². The minimum Gasteiger partial charge on any atom is -0.491 e. The topological polar surface area (TPSA) is 45.0 Å². The zero-order valence-corrected chi connectivity index (χ0v) is 10.4. The van der Waals surface area contributed by atoms with Crippen molar-refractivity contribution in [3.8, 4) is 11.8 Å². The van der Waals surface area contributed by atoms with Gasteiger partial charge in [0.25, 0.3) is 0 Å². The standard InChI is InChI=1S/C13H17FN2O/c1-4-17-12-6-5-10(7-11(12)14)8-16-13(2,3)9-15/h5-7,16H,4,8H2,1-3H3. The summed E-state index contributed by atoms with van der Waals surface area (Å²) in [6.45, 7) is 6.25. The van der Waals surface area contributed by atoms with Crippen molar-refractivity contribution in [3.63, 3.8) is 0 Å². The van der Waals surface area contributed by atoms with Crippen molar-refractivity contribution in [2.24, 2.45) is 0 Å². The van der Waals surface area contributed by atoms with E-state index in [1.54, 1.807) is 26.0 Å². The molecule has 0 aromatic heterocycles. The Morgan fingerprint density at radius 2 is 2.18 bits per heavy atom. The maximum absolute atomic E-state index is 13.5. The molecular weight excluding hydrogens is 219 g/mol. The maximum atomic E-state index is 13.5. The smallest absolute Gasteiger partial charge is 0.165 e. The second-order valence-electron chi connectivity index (χ2n) is 4.29. The molecule has 92 valence electrons. The number of nitrogens with one attached hydrogen (secondary N) is 1. The highest BCUT2D eigenvalue weighted by atomic mass is 19.1. The van der Waals surface area contributed by atoms with Crippen LogP contribution in [0.5, 0.6) is 5.75 Å². The van der Waals surface area contributed by atoms with E-state index in [-0.39, 0.29) is 11.6 Å². The summed E-state index contributed by atoms with van der Waals surface area (Å²) in [5.41, 5.74) is 0.170. The molecule has 0 aliphatic heterocycles. The number of halogens is 1. The fourth-order valence-corrected chi connectivity index (χ4v) is 1.29. The van der Waals surface area contributed by atoms with Crippen molar-refractivity contribution in [2.45, 2.75) is 32.9 Å². The fraction of sp³-hybridized carbons (Fsp3) is 0.462. The molecule has 3 nitrogen and oxygen atoms in total. The van der Waals surface area contributed by atoms with E-state index in [9.17, 15) is 4.39 Å². The number of hydrogen-bond acceptors (Lipinski definition) is 3. The summed E-state index contributed by atoms with van der Waals surface area (Å²) in [5, 5.41) is 11.9. The largest absolute Gasteiger partial charge is 0.491 e. The number of ether oxygens (including phenoxy) is 1. The zero-order chi connectivity index (χ0) is 12.9. The van der Waals surface area contributed by atoms with Crippen LogP contribution >= 0.6 is 0 Å². The van der Waals surface area contributed by atoms with Gasteiger partial charge in [0.05, 0.1) is 12.7 Å². The van der Waals surface area contributed by atoms with Crippen molar-refractivity contribution < 1.29 is 9.13 Å². The highest BCUT2D eigenvalue weighted by Gasteiger charge is 2.15. The Bertz CT molecular complexity index is 424. The molecule has 0 saturated carbocycles. The van der Waals surface area contributed by atoms with Crippen LogP contribution in [0.15, 0.2) is 18.2 Å². The van der Waals surface area contributed by atoms with Crippen LogP contribution in [0.3, 0.4) is 0 Å². The molecule has 1 N–H and O–H groups in total. The van der Waals surface area contributed by atoms with Gasteiger partial charge in [-0.3, -0.25) is 5.32 Å². The number of benzene rings is 1. The Balaban J connectivity index is 2.69. The Morgan fingerprint density at radius 1 is 1.47 bits per heavy atom. The van der Waals surface area contributed by atoms with Crippen molar-refractivity contribution in [1.82, 2.24) is 5.32 Å². The average Bonchev–Trinajstić information content (AvgIpc) is 2.30. The molecule has 0 heterocycles. The van der Waals surface area contributed by atoms with Gasteiger partial charge in [0.15, 0.2) is 11.6 Å². The van der Waals surface area contributed by atoms with Gasteiger partial charge in [-0.2, -0.15) is 5.26 Å². The van der Waals surface area contributed by atoms with Crippen LogP contribution in [0, 0.1) is 17.1 Å². The second-order valence-corrected chi connectivity index (χ2v) is 4.29. The lowest BCUT2D eigenvalue weighted by molar-refractivity contribution is 0.321. The average molecular weight is 236 g/mol. The highest BCUT2D eigenvalue weighted by molar-refractivity contribution is 5.29. The fourth-order valence-electron chi connectivity index (χ4n) is 1.29. The van der Waals surface area contributed by atoms with Gasteiger partial charge in [-0.05, 0) is 38.5 Å². The van der Waals surface area contributed by atoms with Crippen LogP contribution in [0.1, 0.15) is 26.3 Å². The predicted molar refractivity (Wildman–Crippen MR) is 64.1 cm³/mol. The van der Waals surface area contributed by atoms with Crippen molar-refractivity contribution in [3.05, 3.63) is 29.6 Å². The minimum absolute atomic E-state index is 0.260. The predicted octanol–water partition coefficient (Wildman–Crippen LogP) is 2.62. The number of nitrogens with zero attached hydrogens (tertiary/aromatic N) is 1. The Morgan fingerprint density at radius 3 is 2.71 bits per heavy atom. The maximum Gasteiger partial charge on any atom is 0.165 e. The SMILES string of the molecule is CCOc1ccc(CNC(C)(C)C#N)cc1F. The number of nitriles is 1. The molecular formula is C13H17FN2O. The van der Waals surface area contributed by atoms with E-state index in [1.165, 1.54) is 6.07 Å². The monoisotopic (exact) mass is 236 g/mol. The molecule has 0 atom stereocenters. The van der Waals surface area contributed by atoms with Crippen molar-refractivity contribution in [2.75, 3.05) is 6.61 Å². The molecule has 0 saturated heterocycles. The lowest BCUT2D eigenvalue weighted by atomic mass is 10.1. The molecule has 0 unspecified atom stereocenters. The summed E-state index contributed by atoms with van der Waals surface area (Å²) in [7, 11) is 0. The van der Waals surface area contributed by atoms with E-state index in [2.05, 4.69) is 11.4 Å². The van der Waals surface area contributed by atoms with Crippen molar-refractivity contribution in [1.29, 1.82) is 5.26 Å². The molecule has 1 aromatic carbocycles. The number of rotatable bonds is 5. The van der Waals surface area contributed by atoms with Gasteiger partial charge >= 0.3 is 0 Å². The molecule has 1 rings (SSSR count). The Hall–Kier alpha value is -1.60. The van der Waals surface area contributed by atoms with Gasteiger partial charge in [0.2, 0.25) is 0 Å². The molecule has 0 fully saturated rings. The summed E-state index contributed by atoms with van der Waals surface area (Å²) in [4.78, 5) is 0. The lowest BCUT2D eigenvalue weighted by Gasteiger charge is -2.17. The first-order valence-corrected chi connectivity index (χ1v) is 5.56. The Labute approximate surface area is 101 Å². The number of hydrogen-bond donors (Lipinski definition) is 1. The first kappa shape index (κ1) is 13.5. The first-order valence-electron chi connectivity index (χ1n) is 5.56. The summed E-state index contributed by atoms with van der Waals surface area (Å²) in [6, 6.07) is 6.94. The molecule has 0 amide bonds. The van der Waals surface area contributed by atoms with Gasteiger partial charge in [-0.15, -0.1) is 0 Å². The quantitative estimate of drug-likeness (QED) is 0.854. The molecule has 1 aromatic rings. The van der Waals surface area contributed by atoms with E-state index in [0.29, 0.717) is 13.2 Å². The zero-order valence-electron chi connectivity index (χ0n) is 10.4. The summed E-state index contributed by atoms with van der Waals surface area (Å²) >= 11 is 0. The molecule has 0 bridgehead atoms. The van der Waals surface area contributed by atoms with E-state index in [4.69, 9.17) is 10.00 Å². The highest BCUT2D eigenvalue weighted by Crippen LogP contribution is 2.18. The minimum atomic E-state index is -0.616. The summed E-state index contributed by atoms with van der Waals surface area (Å²) < 4.78 is 18.6. The van der Waals surface area contributed by atoms with Crippen LogP contribution < -0.4 is 10.1 Å². The lowest BCUT2D eigenvalue weighted by Crippen LogP contribution is -2.36.